The Labute approximate surface area is 101 Å². The molecule has 1 aromatic heterocycles. The molecule has 1 saturated heterocycles. The van der Waals surface area contributed by atoms with Gasteiger partial charge in [-0.25, -0.2) is 4.68 Å². The van der Waals surface area contributed by atoms with Crippen LogP contribution in [-0.4, -0.2) is 57.5 Å². The summed E-state index contributed by atoms with van der Waals surface area (Å²) in [4.78, 5) is 2.29. The third-order valence-corrected chi connectivity index (χ3v) is 2.89. The Bertz CT molecular complexity index is 341. The first-order valence-corrected chi connectivity index (χ1v) is 6.12. The molecule has 0 amide bonds. The number of aromatic nitrogens is 4. The van der Waals surface area contributed by atoms with Gasteiger partial charge in [0.05, 0.1) is 19.3 Å². The molecule has 2 rings (SSSR count). The van der Waals surface area contributed by atoms with E-state index in [0.29, 0.717) is 6.54 Å². The Morgan fingerprint density at radius 1 is 1.53 bits per heavy atom. The minimum Gasteiger partial charge on any atom is -0.374 e. The Morgan fingerprint density at radius 2 is 2.41 bits per heavy atom. The van der Waals surface area contributed by atoms with Gasteiger partial charge in [0.15, 0.2) is 5.82 Å². The standard InChI is InChI=1S/C10H20N6O/c1-2-3-16-10(12-13-14-16)8-15-4-5-17-9(6-11)7-15/h9H,2-8,11H2,1H3. The molecule has 0 bridgehead atoms. The summed E-state index contributed by atoms with van der Waals surface area (Å²) < 4.78 is 7.40. The van der Waals surface area contributed by atoms with Gasteiger partial charge in [0.25, 0.3) is 0 Å². The largest absolute Gasteiger partial charge is 0.374 e. The molecular weight excluding hydrogens is 220 g/mol. The number of hydrogen-bond acceptors (Lipinski definition) is 6. The molecule has 0 aliphatic carbocycles. The van der Waals surface area contributed by atoms with E-state index in [1.807, 2.05) is 4.68 Å². The molecule has 96 valence electrons. The number of hydrogen-bond donors (Lipinski definition) is 1. The van der Waals surface area contributed by atoms with Crippen LogP contribution >= 0.6 is 0 Å². The van der Waals surface area contributed by atoms with Gasteiger partial charge in [-0.1, -0.05) is 6.92 Å². The lowest BCUT2D eigenvalue weighted by atomic mass is 10.2. The Hall–Kier alpha value is -1.05. The number of nitrogens with two attached hydrogens (primary N) is 1. The van der Waals surface area contributed by atoms with Gasteiger partial charge in [0.1, 0.15) is 0 Å². The van der Waals surface area contributed by atoms with Crippen molar-refractivity contribution in [1.82, 2.24) is 25.1 Å². The zero-order valence-electron chi connectivity index (χ0n) is 10.2. The van der Waals surface area contributed by atoms with Gasteiger partial charge in [-0.3, -0.25) is 4.90 Å². The van der Waals surface area contributed by atoms with E-state index in [0.717, 1.165) is 45.0 Å². The van der Waals surface area contributed by atoms with E-state index in [1.165, 1.54) is 0 Å². The first-order valence-electron chi connectivity index (χ1n) is 6.12. The predicted molar refractivity (Wildman–Crippen MR) is 62.2 cm³/mol. The molecule has 1 aliphatic rings. The third-order valence-electron chi connectivity index (χ3n) is 2.89. The van der Waals surface area contributed by atoms with E-state index in [2.05, 4.69) is 27.3 Å². The summed E-state index contributed by atoms with van der Waals surface area (Å²) in [6, 6.07) is 0. The fourth-order valence-corrected chi connectivity index (χ4v) is 1.99. The van der Waals surface area contributed by atoms with Crippen LogP contribution in [0.3, 0.4) is 0 Å². The molecule has 1 aliphatic heterocycles. The summed E-state index contributed by atoms with van der Waals surface area (Å²) in [6.07, 6.45) is 1.17. The number of rotatable bonds is 5. The number of ether oxygens (including phenoxy) is 1. The maximum absolute atomic E-state index is 5.62. The summed E-state index contributed by atoms with van der Waals surface area (Å²) >= 11 is 0. The average molecular weight is 240 g/mol. The van der Waals surface area contributed by atoms with E-state index in [-0.39, 0.29) is 6.10 Å². The van der Waals surface area contributed by atoms with Crippen molar-refractivity contribution in [2.75, 3.05) is 26.2 Å². The third kappa shape index (κ3) is 3.21. The van der Waals surface area contributed by atoms with Crippen molar-refractivity contribution < 1.29 is 4.74 Å². The lowest BCUT2D eigenvalue weighted by molar-refractivity contribution is -0.0272. The molecule has 1 unspecified atom stereocenters. The molecule has 7 heteroatoms. The fraction of sp³-hybridized carbons (Fsp3) is 0.900. The molecule has 2 heterocycles. The van der Waals surface area contributed by atoms with E-state index in [1.54, 1.807) is 0 Å². The minimum atomic E-state index is 0.138. The van der Waals surface area contributed by atoms with Crippen molar-refractivity contribution in [2.24, 2.45) is 5.73 Å². The van der Waals surface area contributed by atoms with E-state index in [9.17, 15) is 0 Å². The zero-order valence-corrected chi connectivity index (χ0v) is 10.2. The maximum atomic E-state index is 5.62. The van der Waals surface area contributed by atoms with Gasteiger partial charge in [0, 0.05) is 26.2 Å². The fourth-order valence-electron chi connectivity index (χ4n) is 1.99. The molecule has 0 saturated carbocycles. The second kappa shape index (κ2) is 6.04. The molecule has 1 aromatic rings. The highest BCUT2D eigenvalue weighted by molar-refractivity contribution is 4.83. The summed E-state index contributed by atoms with van der Waals surface area (Å²) in [7, 11) is 0. The van der Waals surface area contributed by atoms with Crippen molar-refractivity contribution in [1.29, 1.82) is 0 Å². The second-order valence-corrected chi connectivity index (χ2v) is 4.28. The second-order valence-electron chi connectivity index (χ2n) is 4.28. The first kappa shape index (κ1) is 12.4. The van der Waals surface area contributed by atoms with Crippen molar-refractivity contribution in [3.05, 3.63) is 5.82 Å². The van der Waals surface area contributed by atoms with Crippen LogP contribution in [-0.2, 0) is 17.8 Å². The van der Waals surface area contributed by atoms with Crippen molar-refractivity contribution in [3.63, 3.8) is 0 Å². The SMILES string of the molecule is CCCn1nnnc1CN1CCOC(CN)C1. The number of nitrogens with zero attached hydrogens (tertiary/aromatic N) is 5. The lowest BCUT2D eigenvalue weighted by Gasteiger charge is -2.31. The van der Waals surface area contributed by atoms with Gasteiger partial charge >= 0.3 is 0 Å². The predicted octanol–water partition coefficient (Wildman–Crippen LogP) is -0.757. The highest BCUT2D eigenvalue weighted by atomic mass is 16.5. The van der Waals surface area contributed by atoms with Gasteiger partial charge in [-0.15, -0.1) is 5.10 Å². The van der Waals surface area contributed by atoms with Crippen LogP contribution in [0.5, 0.6) is 0 Å². The van der Waals surface area contributed by atoms with Crippen LogP contribution < -0.4 is 5.73 Å². The molecular formula is C10H20N6O. The first-order chi connectivity index (χ1) is 8.33. The molecule has 0 spiro atoms. The van der Waals surface area contributed by atoms with E-state index < -0.39 is 0 Å². The van der Waals surface area contributed by atoms with E-state index in [4.69, 9.17) is 10.5 Å². The van der Waals surface area contributed by atoms with Crippen LogP contribution in [0.25, 0.3) is 0 Å². The van der Waals surface area contributed by atoms with Crippen LogP contribution in [0.1, 0.15) is 19.2 Å². The normalized spacial score (nSPS) is 21.9. The molecule has 1 fully saturated rings. The van der Waals surface area contributed by atoms with Gasteiger partial charge in [-0.2, -0.15) is 0 Å². The smallest absolute Gasteiger partial charge is 0.165 e. The molecule has 1 atom stereocenters. The lowest BCUT2D eigenvalue weighted by Crippen LogP contribution is -2.45. The topological polar surface area (TPSA) is 82.1 Å². The minimum absolute atomic E-state index is 0.138. The highest BCUT2D eigenvalue weighted by Crippen LogP contribution is 2.08. The van der Waals surface area contributed by atoms with Crippen molar-refractivity contribution >= 4 is 0 Å². The van der Waals surface area contributed by atoms with Gasteiger partial charge < -0.3 is 10.5 Å². The van der Waals surface area contributed by atoms with Gasteiger partial charge in [-0.05, 0) is 16.8 Å². The monoisotopic (exact) mass is 240 g/mol. The summed E-state index contributed by atoms with van der Waals surface area (Å²) in [5, 5.41) is 11.8. The Balaban J connectivity index is 1.93. The quantitative estimate of drug-likeness (QED) is 0.728. The summed E-state index contributed by atoms with van der Waals surface area (Å²) in [5.41, 5.74) is 5.62. The van der Waals surface area contributed by atoms with Gasteiger partial charge in [0.2, 0.25) is 0 Å². The maximum Gasteiger partial charge on any atom is 0.165 e. The summed E-state index contributed by atoms with van der Waals surface area (Å²) in [6.45, 7) is 6.82. The van der Waals surface area contributed by atoms with E-state index >= 15 is 0 Å². The molecule has 0 radical (unpaired) electrons. The molecule has 7 nitrogen and oxygen atoms in total. The molecule has 0 aromatic carbocycles. The van der Waals surface area contributed by atoms with Crippen LogP contribution in [0.4, 0.5) is 0 Å². The van der Waals surface area contributed by atoms with Crippen LogP contribution in [0.15, 0.2) is 0 Å². The summed E-state index contributed by atoms with van der Waals surface area (Å²) in [5.74, 6) is 0.921. The number of tetrazole rings is 1. The Kier molecular flexibility index (Phi) is 4.41. The van der Waals surface area contributed by atoms with Crippen LogP contribution in [0, 0.1) is 0 Å². The number of aryl methyl sites for hydroxylation is 1. The molecule has 17 heavy (non-hydrogen) atoms. The Morgan fingerprint density at radius 3 is 3.18 bits per heavy atom. The average Bonchev–Trinajstić information content (AvgIpc) is 2.78. The van der Waals surface area contributed by atoms with Crippen molar-refractivity contribution in [2.45, 2.75) is 32.5 Å². The van der Waals surface area contributed by atoms with Crippen LogP contribution in [0.2, 0.25) is 0 Å². The number of morpholine rings is 1. The van der Waals surface area contributed by atoms with Crippen molar-refractivity contribution in [3.8, 4) is 0 Å². The molecule has 2 N–H and O–H groups in total. The highest BCUT2D eigenvalue weighted by Gasteiger charge is 2.20. The zero-order chi connectivity index (χ0) is 12.1.